The highest BCUT2D eigenvalue weighted by atomic mass is 79.9. The number of aromatic carboxylic acids is 1. The standard InChI is InChI=1S/C13H16BrN3O3/c1-16-5-7-17(8-6-16)13(20)15-11-9(12(18)19)3-2-4-10(11)14/h2-4H,5-8H2,1H3,(H,15,20)(H,18,19). The van der Waals surface area contributed by atoms with Gasteiger partial charge in [-0.2, -0.15) is 0 Å². The van der Waals surface area contributed by atoms with E-state index in [9.17, 15) is 9.59 Å². The minimum Gasteiger partial charge on any atom is -0.478 e. The molecule has 0 saturated carbocycles. The summed E-state index contributed by atoms with van der Waals surface area (Å²) in [6, 6.07) is 4.52. The number of hydrogen-bond donors (Lipinski definition) is 2. The molecule has 0 atom stereocenters. The van der Waals surface area contributed by atoms with Gasteiger partial charge in [-0.25, -0.2) is 9.59 Å². The first-order valence-electron chi connectivity index (χ1n) is 6.25. The third-order valence-electron chi connectivity index (χ3n) is 3.27. The van der Waals surface area contributed by atoms with Crippen molar-refractivity contribution in [2.24, 2.45) is 0 Å². The van der Waals surface area contributed by atoms with Gasteiger partial charge < -0.3 is 20.2 Å². The molecule has 0 aliphatic carbocycles. The Labute approximate surface area is 125 Å². The first-order chi connectivity index (χ1) is 9.49. The number of anilines is 1. The van der Waals surface area contributed by atoms with Crippen molar-refractivity contribution >= 4 is 33.6 Å². The normalized spacial score (nSPS) is 16.0. The second-order valence-corrected chi connectivity index (χ2v) is 5.54. The minimum atomic E-state index is -1.07. The Kier molecular flexibility index (Phi) is 4.61. The molecule has 108 valence electrons. The van der Waals surface area contributed by atoms with Crippen LogP contribution in [0.5, 0.6) is 0 Å². The number of nitrogens with one attached hydrogen (secondary N) is 1. The van der Waals surface area contributed by atoms with Crippen molar-refractivity contribution in [3.63, 3.8) is 0 Å². The molecule has 1 aromatic carbocycles. The van der Waals surface area contributed by atoms with Crippen molar-refractivity contribution in [3.05, 3.63) is 28.2 Å². The molecule has 2 N–H and O–H groups in total. The number of carboxylic acid groups (broad SMARTS) is 1. The Hall–Kier alpha value is -1.60. The van der Waals surface area contributed by atoms with E-state index < -0.39 is 5.97 Å². The van der Waals surface area contributed by atoms with Crippen molar-refractivity contribution in [1.82, 2.24) is 9.80 Å². The van der Waals surface area contributed by atoms with E-state index in [-0.39, 0.29) is 11.6 Å². The summed E-state index contributed by atoms with van der Waals surface area (Å²) in [4.78, 5) is 27.2. The van der Waals surface area contributed by atoms with E-state index in [0.29, 0.717) is 23.2 Å². The van der Waals surface area contributed by atoms with Crippen LogP contribution in [0.15, 0.2) is 22.7 Å². The molecule has 0 unspecified atom stereocenters. The minimum absolute atomic E-state index is 0.0712. The number of carbonyl (C=O) groups excluding carboxylic acids is 1. The van der Waals surface area contributed by atoms with Crippen molar-refractivity contribution in [1.29, 1.82) is 0 Å². The fourth-order valence-electron chi connectivity index (χ4n) is 2.02. The number of carbonyl (C=O) groups is 2. The van der Waals surface area contributed by atoms with Crippen LogP contribution in [0.25, 0.3) is 0 Å². The van der Waals surface area contributed by atoms with Gasteiger partial charge in [0.05, 0.1) is 11.3 Å². The average molecular weight is 342 g/mol. The topological polar surface area (TPSA) is 72.9 Å². The molecule has 1 heterocycles. The quantitative estimate of drug-likeness (QED) is 0.861. The van der Waals surface area contributed by atoms with E-state index in [1.54, 1.807) is 17.0 Å². The van der Waals surface area contributed by atoms with Gasteiger partial charge in [-0.05, 0) is 35.1 Å². The predicted octanol–water partition coefficient (Wildman–Crippen LogP) is 1.93. The van der Waals surface area contributed by atoms with E-state index in [1.807, 2.05) is 7.05 Å². The summed E-state index contributed by atoms with van der Waals surface area (Å²) in [6.45, 7) is 2.90. The van der Waals surface area contributed by atoms with Crippen LogP contribution in [-0.2, 0) is 0 Å². The number of nitrogens with zero attached hydrogens (tertiary/aromatic N) is 2. The zero-order chi connectivity index (χ0) is 14.7. The van der Waals surface area contributed by atoms with Gasteiger partial charge >= 0.3 is 12.0 Å². The Morgan fingerprint density at radius 2 is 1.90 bits per heavy atom. The molecule has 6 nitrogen and oxygen atoms in total. The summed E-state index contributed by atoms with van der Waals surface area (Å²) in [7, 11) is 2.01. The van der Waals surface area contributed by atoms with Crippen LogP contribution in [0, 0.1) is 0 Å². The Morgan fingerprint density at radius 1 is 1.25 bits per heavy atom. The van der Waals surface area contributed by atoms with Gasteiger partial charge in [0, 0.05) is 30.7 Å². The van der Waals surface area contributed by atoms with Gasteiger partial charge in [0.25, 0.3) is 0 Å². The number of para-hydroxylation sites is 1. The van der Waals surface area contributed by atoms with Gasteiger partial charge in [0.2, 0.25) is 0 Å². The van der Waals surface area contributed by atoms with Crippen LogP contribution in [-0.4, -0.2) is 60.1 Å². The second-order valence-electron chi connectivity index (χ2n) is 4.69. The van der Waals surface area contributed by atoms with Gasteiger partial charge in [-0.1, -0.05) is 6.07 Å². The predicted molar refractivity (Wildman–Crippen MR) is 79.2 cm³/mol. The molecule has 1 aliphatic rings. The monoisotopic (exact) mass is 341 g/mol. The lowest BCUT2D eigenvalue weighted by molar-refractivity contribution is 0.0698. The van der Waals surface area contributed by atoms with E-state index in [0.717, 1.165) is 13.1 Å². The first kappa shape index (κ1) is 14.8. The summed E-state index contributed by atoms with van der Waals surface area (Å²) in [6.07, 6.45) is 0. The highest BCUT2D eigenvalue weighted by Gasteiger charge is 2.21. The summed E-state index contributed by atoms with van der Waals surface area (Å²) in [5, 5.41) is 11.8. The fourth-order valence-corrected chi connectivity index (χ4v) is 2.49. The van der Waals surface area contributed by atoms with Crippen molar-refractivity contribution in [2.75, 3.05) is 38.5 Å². The van der Waals surface area contributed by atoms with Crippen LogP contribution in [0.3, 0.4) is 0 Å². The van der Waals surface area contributed by atoms with Crippen LogP contribution in [0.1, 0.15) is 10.4 Å². The smallest absolute Gasteiger partial charge is 0.337 e. The molecule has 1 saturated heterocycles. The second kappa shape index (κ2) is 6.23. The number of hydrogen-bond acceptors (Lipinski definition) is 3. The highest BCUT2D eigenvalue weighted by molar-refractivity contribution is 9.10. The SMILES string of the molecule is CN1CCN(C(=O)Nc2c(Br)cccc2C(=O)O)CC1. The summed E-state index contributed by atoms with van der Waals surface area (Å²) >= 11 is 3.27. The molecule has 1 aromatic rings. The molecule has 1 fully saturated rings. The number of amides is 2. The molecule has 0 bridgehead atoms. The number of piperazine rings is 1. The maximum absolute atomic E-state index is 12.2. The third kappa shape index (κ3) is 3.29. The third-order valence-corrected chi connectivity index (χ3v) is 3.93. The van der Waals surface area contributed by atoms with Gasteiger partial charge in [0.15, 0.2) is 0 Å². The maximum atomic E-state index is 12.2. The number of halogens is 1. The highest BCUT2D eigenvalue weighted by Crippen LogP contribution is 2.27. The zero-order valence-electron chi connectivity index (χ0n) is 11.1. The Morgan fingerprint density at radius 3 is 2.50 bits per heavy atom. The number of urea groups is 1. The van der Waals surface area contributed by atoms with E-state index in [4.69, 9.17) is 5.11 Å². The maximum Gasteiger partial charge on any atom is 0.337 e. The number of benzene rings is 1. The van der Waals surface area contributed by atoms with E-state index >= 15 is 0 Å². The number of carboxylic acids is 1. The van der Waals surface area contributed by atoms with Gasteiger partial charge in [0.1, 0.15) is 0 Å². The lowest BCUT2D eigenvalue weighted by Gasteiger charge is -2.32. The molecule has 7 heteroatoms. The van der Waals surface area contributed by atoms with Crippen molar-refractivity contribution in [2.45, 2.75) is 0 Å². The van der Waals surface area contributed by atoms with Crippen LogP contribution in [0.2, 0.25) is 0 Å². The fraction of sp³-hybridized carbons (Fsp3) is 0.385. The number of rotatable bonds is 2. The van der Waals surface area contributed by atoms with E-state index in [1.165, 1.54) is 6.07 Å². The molecule has 1 aliphatic heterocycles. The first-order valence-corrected chi connectivity index (χ1v) is 7.04. The number of likely N-dealkylation sites (N-methyl/N-ethyl adjacent to an activating group) is 1. The molecule has 0 aromatic heterocycles. The molecule has 20 heavy (non-hydrogen) atoms. The lowest BCUT2D eigenvalue weighted by atomic mass is 10.2. The summed E-state index contributed by atoms with van der Waals surface area (Å²) in [5.74, 6) is -1.07. The van der Waals surface area contributed by atoms with Gasteiger partial charge in [-0.15, -0.1) is 0 Å². The molecular formula is C13H16BrN3O3. The van der Waals surface area contributed by atoms with Crippen LogP contribution < -0.4 is 5.32 Å². The van der Waals surface area contributed by atoms with Gasteiger partial charge in [-0.3, -0.25) is 0 Å². The summed E-state index contributed by atoms with van der Waals surface area (Å²) in [5.41, 5.74) is 0.366. The van der Waals surface area contributed by atoms with Crippen LogP contribution >= 0.6 is 15.9 Å². The van der Waals surface area contributed by atoms with E-state index in [2.05, 4.69) is 26.1 Å². The van der Waals surface area contributed by atoms with Crippen molar-refractivity contribution < 1.29 is 14.7 Å². The molecule has 0 radical (unpaired) electrons. The average Bonchev–Trinajstić information content (AvgIpc) is 2.41. The molecule has 2 amide bonds. The Balaban J connectivity index is 2.13. The largest absolute Gasteiger partial charge is 0.478 e. The summed E-state index contributed by atoms with van der Waals surface area (Å²) < 4.78 is 0.555. The molecular weight excluding hydrogens is 326 g/mol. The van der Waals surface area contributed by atoms with Crippen LogP contribution in [0.4, 0.5) is 10.5 Å². The molecule has 0 spiro atoms. The Bertz CT molecular complexity index is 528. The molecule has 2 rings (SSSR count). The zero-order valence-corrected chi connectivity index (χ0v) is 12.7. The van der Waals surface area contributed by atoms with Crippen molar-refractivity contribution in [3.8, 4) is 0 Å². The lowest BCUT2D eigenvalue weighted by Crippen LogP contribution is -2.48.